The van der Waals surface area contributed by atoms with Crippen LogP contribution in [0.5, 0.6) is 0 Å². The lowest BCUT2D eigenvalue weighted by Crippen LogP contribution is -2.28. The largest absolute Gasteiger partial charge is 0.465 e. The summed E-state index contributed by atoms with van der Waals surface area (Å²) < 4.78 is 5.75. The van der Waals surface area contributed by atoms with Gasteiger partial charge >= 0.3 is 5.97 Å². The Kier molecular flexibility index (Phi) is 4.35. The molecular weight excluding hydrogens is 332 g/mol. The molecular formula is C16H11ClN4O3. The molecule has 0 spiro atoms. The van der Waals surface area contributed by atoms with Crippen molar-refractivity contribution in [2.75, 3.05) is 7.11 Å². The number of nitrogens with zero attached hydrogens (tertiary/aromatic N) is 4. The number of halogens is 1. The first-order valence-electron chi connectivity index (χ1n) is 6.84. The summed E-state index contributed by atoms with van der Waals surface area (Å²) in [6.45, 7) is 0. The van der Waals surface area contributed by atoms with Crippen LogP contribution >= 0.6 is 11.6 Å². The third kappa shape index (κ3) is 3.02. The standard InChI is InChI=1S/C16H11ClN4O3/c1-24-16(23)13-6-14(10-2-4-11(17)5-3-10)20-21(15(13)22)12-7-18-9-19-8-12/h2-9H,1H3. The van der Waals surface area contributed by atoms with Crippen LogP contribution in [0.15, 0.2) is 53.8 Å². The fourth-order valence-electron chi connectivity index (χ4n) is 2.09. The van der Waals surface area contributed by atoms with E-state index in [-0.39, 0.29) is 5.56 Å². The fourth-order valence-corrected chi connectivity index (χ4v) is 2.21. The molecule has 0 atom stereocenters. The van der Waals surface area contributed by atoms with Crippen LogP contribution in [0.2, 0.25) is 5.02 Å². The molecule has 0 radical (unpaired) electrons. The van der Waals surface area contributed by atoms with E-state index in [1.807, 2.05) is 0 Å². The number of ether oxygens (including phenoxy) is 1. The van der Waals surface area contributed by atoms with Gasteiger partial charge in [-0.3, -0.25) is 4.79 Å². The van der Waals surface area contributed by atoms with Crippen LogP contribution in [0, 0.1) is 0 Å². The lowest BCUT2D eigenvalue weighted by molar-refractivity contribution is 0.0598. The highest BCUT2D eigenvalue weighted by atomic mass is 35.5. The van der Waals surface area contributed by atoms with Gasteiger partial charge in [-0.25, -0.2) is 14.8 Å². The van der Waals surface area contributed by atoms with Gasteiger partial charge in [-0.15, -0.1) is 0 Å². The molecule has 24 heavy (non-hydrogen) atoms. The Bertz CT molecular complexity index is 940. The molecule has 0 fully saturated rings. The summed E-state index contributed by atoms with van der Waals surface area (Å²) in [4.78, 5) is 32.2. The molecule has 0 aliphatic rings. The van der Waals surface area contributed by atoms with Gasteiger partial charge in [0.25, 0.3) is 5.56 Å². The van der Waals surface area contributed by atoms with E-state index in [9.17, 15) is 9.59 Å². The molecule has 3 rings (SSSR count). The van der Waals surface area contributed by atoms with Gasteiger partial charge in [0.1, 0.15) is 17.6 Å². The number of methoxy groups -OCH3 is 1. The summed E-state index contributed by atoms with van der Waals surface area (Å²) in [6.07, 6.45) is 4.18. The van der Waals surface area contributed by atoms with Crippen LogP contribution in [0.4, 0.5) is 0 Å². The van der Waals surface area contributed by atoms with Gasteiger partial charge < -0.3 is 4.74 Å². The minimum absolute atomic E-state index is 0.138. The van der Waals surface area contributed by atoms with Crippen molar-refractivity contribution in [3.63, 3.8) is 0 Å². The van der Waals surface area contributed by atoms with E-state index in [1.54, 1.807) is 24.3 Å². The van der Waals surface area contributed by atoms with Crippen molar-refractivity contribution in [3.8, 4) is 16.9 Å². The molecule has 0 unspecified atom stereocenters. The van der Waals surface area contributed by atoms with Gasteiger partial charge in [-0.2, -0.15) is 9.78 Å². The summed E-state index contributed by atoms with van der Waals surface area (Å²) >= 11 is 5.89. The Morgan fingerprint density at radius 1 is 1.17 bits per heavy atom. The molecule has 0 saturated carbocycles. The summed E-state index contributed by atoms with van der Waals surface area (Å²) in [7, 11) is 1.21. The zero-order chi connectivity index (χ0) is 17.1. The molecule has 0 aliphatic carbocycles. The molecule has 0 N–H and O–H groups in total. The maximum atomic E-state index is 12.5. The van der Waals surface area contributed by atoms with Crippen molar-refractivity contribution in [1.29, 1.82) is 0 Å². The van der Waals surface area contributed by atoms with E-state index in [1.165, 1.54) is 31.9 Å². The number of carbonyl (C=O) groups is 1. The topological polar surface area (TPSA) is 87.0 Å². The molecule has 0 amide bonds. The van der Waals surface area contributed by atoms with Gasteiger partial charge in [0.05, 0.1) is 25.2 Å². The number of benzene rings is 1. The van der Waals surface area contributed by atoms with Crippen molar-refractivity contribution in [3.05, 3.63) is 70.0 Å². The molecule has 0 aliphatic heterocycles. The van der Waals surface area contributed by atoms with Crippen molar-refractivity contribution in [2.24, 2.45) is 0 Å². The third-order valence-corrected chi connectivity index (χ3v) is 3.50. The van der Waals surface area contributed by atoms with Crippen molar-refractivity contribution >= 4 is 17.6 Å². The van der Waals surface area contributed by atoms with E-state index in [0.717, 1.165) is 4.68 Å². The molecule has 0 bridgehead atoms. The Morgan fingerprint density at radius 3 is 2.46 bits per heavy atom. The number of aromatic nitrogens is 4. The van der Waals surface area contributed by atoms with Crippen LogP contribution < -0.4 is 5.56 Å². The second-order valence-corrected chi connectivity index (χ2v) is 5.19. The van der Waals surface area contributed by atoms with Crippen LogP contribution in [-0.4, -0.2) is 32.8 Å². The van der Waals surface area contributed by atoms with E-state index in [0.29, 0.717) is 22.0 Å². The monoisotopic (exact) mass is 342 g/mol. The van der Waals surface area contributed by atoms with Crippen molar-refractivity contribution < 1.29 is 9.53 Å². The first-order valence-corrected chi connectivity index (χ1v) is 7.22. The summed E-state index contributed by atoms with van der Waals surface area (Å²) in [5.41, 5.74) is 0.685. The van der Waals surface area contributed by atoms with Crippen LogP contribution in [0.3, 0.4) is 0 Å². The molecule has 120 valence electrons. The normalized spacial score (nSPS) is 10.4. The van der Waals surface area contributed by atoms with E-state index in [4.69, 9.17) is 11.6 Å². The smallest absolute Gasteiger partial charge is 0.343 e. The Labute approximate surface area is 141 Å². The SMILES string of the molecule is COC(=O)c1cc(-c2ccc(Cl)cc2)nn(-c2cncnc2)c1=O. The average molecular weight is 343 g/mol. The van der Waals surface area contributed by atoms with Crippen molar-refractivity contribution in [1.82, 2.24) is 19.7 Å². The predicted molar refractivity (Wildman–Crippen MR) is 87.2 cm³/mol. The fraction of sp³-hybridized carbons (Fsp3) is 0.0625. The van der Waals surface area contributed by atoms with Crippen LogP contribution in [0.25, 0.3) is 16.9 Å². The summed E-state index contributed by atoms with van der Waals surface area (Å²) in [5.74, 6) is -0.747. The molecule has 2 heterocycles. The Hall–Kier alpha value is -3.06. The lowest BCUT2D eigenvalue weighted by Gasteiger charge is -2.09. The summed E-state index contributed by atoms with van der Waals surface area (Å²) in [5, 5.41) is 4.86. The summed E-state index contributed by atoms with van der Waals surface area (Å²) in [6, 6.07) is 8.25. The number of esters is 1. The molecule has 1 aromatic carbocycles. The maximum absolute atomic E-state index is 12.5. The first kappa shape index (κ1) is 15.8. The third-order valence-electron chi connectivity index (χ3n) is 3.25. The van der Waals surface area contributed by atoms with Gasteiger partial charge in [-0.1, -0.05) is 23.7 Å². The molecule has 8 heteroatoms. The predicted octanol–water partition coefficient (Wildman–Crippen LogP) is 2.13. The molecule has 2 aromatic heterocycles. The van der Waals surface area contributed by atoms with E-state index in [2.05, 4.69) is 19.8 Å². The minimum atomic E-state index is -0.747. The zero-order valence-electron chi connectivity index (χ0n) is 12.5. The molecule has 7 nitrogen and oxygen atoms in total. The maximum Gasteiger partial charge on any atom is 0.343 e. The minimum Gasteiger partial charge on any atom is -0.465 e. The quantitative estimate of drug-likeness (QED) is 0.678. The van der Waals surface area contributed by atoms with Crippen LogP contribution in [0.1, 0.15) is 10.4 Å². The number of hydrogen-bond acceptors (Lipinski definition) is 6. The van der Waals surface area contributed by atoms with Crippen molar-refractivity contribution in [2.45, 2.75) is 0 Å². The first-order chi connectivity index (χ1) is 11.6. The van der Waals surface area contributed by atoms with Gasteiger partial charge in [0.15, 0.2) is 0 Å². The zero-order valence-corrected chi connectivity index (χ0v) is 13.3. The van der Waals surface area contributed by atoms with Gasteiger partial charge in [-0.05, 0) is 18.2 Å². The highest BCUT2D eigenvalue weighted by Gasteiger charge is 2.18. The van der Waals surface area contributed by atoms with E-state index >= 15 is 0 Å². The molecule has 0 saturated heterocycles. The molecule has 3 aromatic rings. The van der Waals surface area contributed by atoms with Gasteiger partial charge in [0.2, 0.25) is 0 Å². The van der Waals surface area contributed by atoms with Gasteiger partial charge in [0, 0.05) is 10.6 Å². The number of rotatable bonds is 3. The second-order valence-electron chi connectivity index (χ2n) is 4.76. The van der Waals surface area contributed by atoms with Crippen LogP contribution in [-0.2, 0) is 4.74 Å². The highest BCUT2D eigenvalue weighted by molar-refractivity contribution is 6.30. The Balaban J connectivity index is 2.25. The second kappa shape index (κ2) is 6.59. The highest BCUT2D eigenvalue weighted by Crippen LogP contribution is 2.20. The number of hydrogen-bond donors (Lipinski definition) is 0. The average Bonchev–Trinajstić information content (AvgIpc) is 2.63. The van der Waals surface area contributed by atoms with E-state index < -0.39 is 11.5 Å². The number of carbonyl (C=O) groups excluding carboxylic acids is 1. The Morgan fingerprint density at radius 2 is 1.83 bits per heavy atom. The lowest BCUT2D eigenvalue weighted by atomic mass is 10.1.